The number of phenolic OH excluding ortho intramolecular Hbond substituents is 2. The van der Waals surface area contributed by atoms with E-state index in [0.717, 1.165) is 0 Å². The van der Waals surface area contributed by atoms with Crippen molar-refractivity contribution in [2.45, 2.75) is 12.1 Å². The zero-order valence-corrected chi connectivity index (χ0v) is 7.35. The summed E-state index contributed by atoms with van der Waals surface area (Å²) in [7, 11) is 0. The molecule has 0 aliphatic rings. The standard InChI is InChI=1S/C9H11NO5/c10-7(9(14)15)8(13)4-1-2-5(11)6(12)3-4/h1-3,7-8,11-13H,10H2,(H,14,15)/t7-,8+/m0/s1/i1D,2D,3D,7D. The molecule has 0 amide bonds. The number of carbonyl (C=O) groups is 1. The van der Waals surface area contributed by atoms with E-state index >= 15 is 0 Å². The van der Waals surface area contributed by atoms with Crippen molar-refractivity contribution in [1.29, 1.82) is 0 Å². The minimum atomic E-state index is -2.97. The third-order valence-corrected chi connectivity index (χ3v) is 1.61. The van der Waals surface area contributed by atoms with Crippen molar-refractivity contribution in [3.63, 3.8) is 0 Å². The summed E-state index contributed by atoms with van der Waals surface area (Å²) in [6, 6.07) is -5.74. The molecule has 0 saturated carbocycles. The van der Waals surface area contributed by atoms with E-state index in [2.05, 4.69) is 0 Å². The van der Waals surface area contributed by atoms with E-state index in [1.807, 2.05) is 0 Å². The molecule has 0 spiro atoms. The molecule has 0 bridgehead atoms. The van der Waals surface area contributed by atoms with Gasteiger partial charge in [-0.05, 0) is 17.6 Å². The lowest BCUT2D eigenvalue weighted by Crippen LogP contribution is -2.36. The van der Waals surface area contributed by atoms with Crippen molar-refractivity contribution in [3.05, 3.63) is 23.7 Å². The molecule has 6 nitrogen and oxygen atoms in total. The maximum absolute atomic E-state index is 10.7. The van der Waals surface area contributed by atoms with Crippen LogP contribution in [0.3, 0.4) is 0 Å². The average Bonchev–Trinajstić information content (AvgIpc) is 2.33. The fourth-order valence-electron chi connectivity index (χ4n) is 0.813. The van der Waals surface area contributed by atoms with Crippen molar-refractivity contribution in [2.75, 3.05) is 0 Å². The van der Waals surface area contributed by atoms with Crippen LogP contribution in [0.25, 0.3) is 0 Å². The Morgan fingerprint density at radius 3 is 2.60 bits per heavy atom. The summed E-state index contributed by atoms with van der Waals surface area (Å²) in [6.07, 6.45) is -2.33. The average molecular weight is 217 g/mol. The van der Waals surface area contributed by atoms with Crippen LogP contribution in [0.1, 0.15) is 17.2 Å². The fraction of sp³-hybridized carbons (Fsp3) is 0.222. The number of benzene rings is 1. The molecule has 0 unspecified atom stereocenters. The van der Waals surface area contributed by atoms with E-state index in [9.17, 15) is 20.1 Å². The first-order valence-corrected chi connectivity index (χ1v) is 3.75. The van der Waals surface area contributed by atoms with Gasteiger partial charge in [-0.3, -0.25) is 4.79 Å². The van der Waals surface area contributed by atoms with Crippen LogP contribution in [0.2, 0.25) is 0 Å². The largest absolute Gasteiger partial charge is 0.504 e. The number of phenols is 2. The van der Waals surface area contributed by atoms with Gasteiger partial charge in [0.25, 0.3) is 0 Å². The Bertz CT molecular complexity index is 519. The van der Waals surface area contributed by atoms with Crippen LogP contribution in [-0.2, 0) is 4.79 Å². The van der Waals surface area contributed by atoms with E-state index in [4.69, 9.17) is 16.3 Å². The van der Waals surface area contributed by atoms with Gasteiger partial charge in [0, 0.05) is 0 Å². The highest BCUT2D eigenvalue weighted by molar-refractivity contribution is 5.74. The van der Waals surface area contributed by atoms with Crippen molar-refractivity contribution in [1.82, 2.24) is 0 Å². The number of aromatic hydroxyl groups is 2. The monoisotopic (exact) mass is 217 g/mol. The van der Waals surface area contributed by atoms with E-state index in [1.165, 1.54) is 0 Å². The van der Waals surface area contributed by atoms with E-state index < -0.39 is 53.3 Å². The van der Waals surface area contributed by atoms with Crippen LogP contribution in [0, 0.1) is 0 Å². The van der Waals surface area contributed by atoms with Crippen LogP contribution < -0.4 is 5.73 Å². The Labute approximate surface area is 90.8 Å². The second-order valence-electron chi connectivity index (χ2n) is 2.65. The Morgan fingerprint density at radius 1 is 1.47 bits per heavy atom. The molecule has 0 saturated heterocycles. The quantitative estimate of drug-likeness (QED) is 0.436. The lowest BCUT2D eigenvalue weighted by Gasteiger charge is -2.15. The molecular formula is C9H11NO5. The SMILES string of the molecule is [2H]c1c([2H])c([C@@H](O)[C@]([2H])(N)C(=O)O)c([2H])c(O)c1O. The number of hydrogen-bond donors (Lipinski definition) is 5. The van der Waals surface area contributed by atoms with E-state index in [1.54, 1.807) is 0 Å². The second-order valence-corrected chi connectivity index (χ2v) is 2.65. The fourth-order valence-corrected chi connectivity index (χ4v) is 0.813. The molecule has 0 aliphatic carbocycles. The van der Waals surface area contributed by atoms with E-state index in [0.29, 0.717) is 0 Å². The van der Waals surface area contributed by atoms with Crippen molar-refractivity contribution in [2.24, 2.45) is 5.73 Å². The zero-order chi connectivity index (χ0) is 15.1. The molecule has 0 fully saturated rings. The van der Waals surface area contributed by atoms with Gasteiger partial charge in [0.05, 0.1) is 5.48 Å². The van der Waals surface area contributed by atoms with Gasteiger partial charge in [-0.25, -0.2) is 0 Å². The number of hydrogen-bond acceptors (Lipinski definition) is 5. The van der Waals surface area contributed by atoms with Crippen LogP contribution in [0.5, 0.6) is 11.5 Å². The maximum Gasteiger partial charge on any atom is 0.323 e. The molecule has 6 heteroatoms. The summed E-state index contributed by atoms with van der Waals surface area (Å²) in [5.41, 5.74) is 4.24. The van der Waals surface area contributed by atoms with Gasteiger partial charge < -0.3 is 26.2 Å². The van der Waals surface area contributed by atoms with Crippen molar-refractivity contribution in [3.8, 4) is 11.5 Å². The highest BCUT2D eigenvalue weighted by Crippen LogP contribution is 2.28. The molecule has 0 radical (unpaired) electrons. The summed E-state index contributed by atoms with van der Waals surface area (Å²) >= 11 is 0. The lowest BCUT2D eigenvalue weighted by molar-refractivity contribution is -0.141. The lowest BCUT2D eigenvalue weighted by atomic mass is 10.0. The minimum absolute atomic E-state index is 0.819. The molecule has 1 rings (SSSR count). The molecule has 1 aromatic carbocycles. The van der Waals surface area contributed by atoms with Gasteiger partial charge in [-0.2, -0.15) is 0 Å². The first kappa shape index (κ1) is 6.65. The summed E-state index contributed by atoms with van der Waals surface area (Å²) in [5, 5.41) is 37.0. The number of aliphatic carboxylic acids is 1. The number of carboxylic acids is 1. The second kappa shape index (κ2) is 4.16. The van der Waals surface area contributed by atoms with Crippen molar-refractivity contribution < 1.29 is 30.7 Å². The molecule has 6 N–H and O–H groups in total. The Balaban J connectivity index is 3.57. The molecule has 0 heterocycles. The maximum atomic E-state index is 10.7. The topological polar surface area (TPSA) is 124 Å². The van der Waals surface area contributed by atoms with Gasteiger partial charge in [0.15, 0.2) is 11.5 Å². The zero-order valence-electron chi connectivity index (χ0n) is 11.4. The van der Waals surface area contributed by atoms with Gasteiger partial charge in [0.1, 0.15) is 12.1 Å². The van der Waals surface area contributed by atoms with Crippen LogP contribution in [-0.4, -0.2) is 32.4 Å². The number of carboxylic acid groups (broad SMARTS) is 1. The summed E-state index contributed by atoms with van der Waals surface area (Å²) < 4.78 is 29.4. The predicted octanol–water partition coefficient (Wildman–Crippen LogP) is -0.457. The van der Waals surface area contributed by atoms with E-state index in [-0.39, 0.29) is 0 Å². The highest BCUT2D eigenvalue weighted by atomic mass is 16.4. The van der Waals surface area contributed by atoms with Crippen LogP contribution in [0.4, 0.5) is 0 Å². The first-order chi connectivity index (χ1) is 8.53. The number of nitrogens with two attached hydrogens (primary N) is 1. The van der Waals surface area contributed by atoms with Gasteiger partial charge in [-0.1, -0.05) is 6.04 Å². The molecular weight excluding hydrogens is 202 g/mol. The highest BCUT2D eigenvalue weighted by Gasteiger charge is 2.24. The Kier molecular flexibility index (Phi) is 1.84. The van der Waals surface area contributed by atoms with Gasteiger partial charge in [-0.15, -0.1) is 0 Å². The number of aliphatic hydroxyl groups excluding tert-OH is 1. The van der Waals surface area contributed by atoms with Gasteiger partial charge in [0.2, 0.25) is 0 Å². The summed E-state index contributed by atoms with van der Waals surface area (Å²) in [6.45, 7) is 0. The number of aliphatic hydroxyl groups is 1. The number of rotatable bonds is 3. The van der Waals surface area contributed by atoms with Crippen LogP contribution in [0.15, 0.2) is 18.1 Å². The molecule has 82 valence electrons. The summed E-state index contributed by atoms with van der Waals surface area (Å²) in [4.78, 5) is 10.7. The Morgan fingerprint density at radius 2 is 2.07 bits per heavy atom. The summed E-state index contributed by atoms with van der Waals surface area (Å²) in [5.74, 6) is -4.07. The Hall–Kier alpha value is -1.79. The molecule has 0 aromatic heterocycles. The molecule has 0 aliphatic heterocycles. The minimum Gasteiger partial charge on any atom is -0.504 e. The third kappa shape index (κ3) is 2.36. The smallest absolute Gasteiger partial charge is 0.323 e. The first-order valence-electron chi connectivity index (χ1n) is 5.75. The molecule has 1 aromatic rings. The normalized spacial score (nSPS) is 20.4. The van der Waals surface area contributed by atoms with Crippen molar-refractivity contribution >= 4 is 5.97 Å². The van der Waals surface area contributed by atoms with Gasteiger partial charge >= 0.3 is 5.97 Å². The molecule has 15 heavy (non-hydrogen) atoms. The third-order valence-electron chi connectivity index (χ3n) is 1.61. The molecule has 2 atom stereocenters. The predicted molar refractivity (Wildman–Crippen MR) is 50.3 cm³/mol. The van der Waals surface area contributed by atoms with Crippen LogP contribution >= 0.6 is 0 Å².